The lowest BCUT2D eigenvalue weighted by Crippen LogP contribution is -2.12. The van der Waals surface area contributed by atoms with Crippen molar-refractivity contribution >= 4 is 33.0 Å². The summed E-state index contributed by atoms with van der Waals surface area (Å²) in [5.41, 5.74) is 1.40. The SMILES string of the molecule is Cc1cc(NS(=O)(=O)c2cnc(-c3ccc(F)cc3)s2)ccc1C(=O)O. The second kappa shape index (κ2) is 6.85. The first-order valence-corrected chi connectivity index (χ1v) is 9.65. The van der Waals surface area contributed by atoms with Gasteiger partial charge in [-0.05, 0) is 55.0 Å². The van der Waals surface area contributed by atoms with Crippen LogP contribution in [-0.4, -0.2) is 24.5 Å². The summed E-state index contributed by atoms with van der Waals surface area (Å²) in [6.45, 7) is 1.58. The Balaban J connectivity index is 1.86. The molecular formula is C17H13FN2O4S2. The summed E-state index contributed by atoms with van der Waals surface area (Å²) in [7, 11) is -3.87. The largest absolute Gasteiger partial charge is 0.478 e. The van der Waals surface area contributed by atoms with Gasteiger partial charge in [0.2, 0.25) is 0 Å². The van der Waals surface area contributed by atoms with E-state index < -0.39 is 16.0 Å². The van der Waals surface area contributed by atoms with Crippen LogP contribution >= 0.6 is 11.3 Å². The fourth-order valence-electron chi connectivity index (χ4n) is 2.28. The average Bonchev–Trinajstić information content (AvgIpc) is 3.06. The van der Waals surface area contributed by atoms with Gasteiger partial charge in [-0.25, -0.2) is 22.6 Å². The Bertz CT molecular complexity index is 1080. The number of halogens is 1. The molecule has 0 amide bonds. The zero-order valence-electron chi connectivity index (χ0n) is 13.4. The predicted molar refractivity (Wildman–Crippen MR) is 96.5 cm³/mol. The lowest BCUT2D eigenvalue weighted by atomic mass is 10.1. The Morgan fingerprint density at radius 3 is 2.50 bits per heavy atom. The van der Waals surface area contributed by atoms with E-state index in [0.717, 1.165) is 11.3 Å². The Kier molecular flexibility index (Phi) is 4.75. The van der Waals surface area contributed by atoms with Crippen LogP contribution < -0.4 is 4.72 Å². The fraction of sp³-hybridized carbons (Fsp3) is 0.0588. The van der Waals surface area contributed by atoms with Crippen molar-refractivity contribution in [3.8, 4) is 10.6 Å². The number of sulfonamides is 1. The van der Waals surface area contributed by atoms with Gasteiger partial charge in [0.15, 0.2) is 4.21 Å². The third-order valence-corrected chi connectivity index (χ3v) is 6.44. The first kappa shape index (κ1) is 18.0. The van der Waals surface area contributed by atoms with Gasteiger partial charge in [-0.3, -0.25) is 4.72 Å². The number of benzene rings is 2. The number of nitrogens with zero attached hydrogens (tertiary/aromatic N) is 1. The number of anilines is 1. The Hall–Kier alpha value is -2.78. The number of carbonyl (C=O) groups is 1. The van der Waals surface area contributed by atoms with Gasteiger partial charge in [-0.15, -0.1) is 11.3 Å². The van der Waals surface area contributed by atoms with Crippen molar-refractivity contribution in [2.24, 2.45) is 0 Å². The minimum Gasteiger partial charge on any atom is -0.478 e. The molecule has 9 heteroatoms. The summed E-state index contributed by atoms with van der Waals surface area (Å²) in [5, 5.41) is 9.47. The second-order valence-electron chi connectivity index (χ2n) is 5.43. The van der Waals surface area contributed by atoms with Gasteiger partial charge in [0.25, 0.3) is 10.0 Å². The minimum absolute atomic E-state index is 0.00297. The smallest absolute Gasteiger partial charge is 0.335 e. The summed E-state index contributed by atoms with van der Waals surface area (Å²) in [5.74, 6) is -1.47. The molecule has 0 spiro atoms. The van der Waals surface area contributed by atoms with Crippen molar-refractivity contribution in [2.45, 2.75) is 11.1 Å². The van der Waals surface area contributed by atoms with E-state index in [1.807, 2.05) is 0 Å². The van der Waals surface area contributed by atoms with Gasteiger partial charge in [-0.2, -0.15) is 0 Å². The number of hydrogen-bond donors (Lipinski definition) is 2. The molecule has 26 heavy (non-hydrogen) atoms. The molecule has 3 rings (SSSR count). The number of rotatable bonds is 5. The molecule has 1 aromatic heterocycles. The van der Waals surface area contributed by atoms with Gasteiger partial charge >= 0.3 is 5.97 Å². The molecule has 0 aliphatic carbocycles. The molecule has 0 bridgehead atoms. The van der Waals surface area contributed by atoms with E-state index in [1.165, 1.54) is 48.7 Å². The first-order valence-electron chi connectivity index (χ1n) is 7.35. The number of hydrogen-bond acceptors (Lipinski definition) is 5. The van der Waals surface area contributed by atoms with E-state index in [1.54, 1.807) is 6.92 Å². The summed E-state index contributed by atoms with van der Waals surface area (Å²) in [4.78, 5) is 15.1. The van der Waals surface area contributed by atoms with Crippen LogP contribution in [0.5, 0.6) is 0 Å². The second-order valence-corrected chi connectivity index (χ2v) is 8.37. The zero-order chi connectivity index (χ0) is 18.9. The normalized spacial score (nSPS) is 11.3. The van der Waals surface area contributed by atoms with Gasteiger partial charge in [0, 0.05) is 11.3 Å². The van der Waals surface area contributed by atoms with Crippen LogP contribution in [0, 0.1) is 12.7 Å². The first-order chi connectivity index (χ1) is 12.3. The van der Waals surface area contributed by atoms with Crippen LogP contribution in [0.2, 0.25) is 0 Å². The van der Waals surface area contributed by atoms with Crippen molar-refractivity contribution in [1.82, 2.24) is 4.98 Å². The molecule has 1 heterocycles. The highest BCUT2D eigenvalue weighted by atomic mass is 32.2. The summed E-state index contributed by atoms with van der Waals surface area (Å²) >= 11 is 0.952. The summed E-state index contributed by atoms with van der Waals surface area (Å²) in [6.07, 6.45) is 1.23. The van der Waals surface area contributed by atoms with E-state index in [4.69, 9.17) is 5.11 Å². The fourth-order valence-corrected chi connectivity index (χ4v) is 4.47. The number of aromatic nitrogens is 1. The highest BCUT2D eigenvalue weighted by Crippen LogP contribution is 2.29. The molecule has 0 fully saturated rings. The highest BCUT2D eigenvalue weighted by molar-refractivity contribution is 7.94. The maximum Gasteiger partial charge on any atom is 0.335 e. The number of aryl methyl sites for hydroxylation is 1. The number of thiazole rings is 1. The number of carboxylic acids is 1. The van der Waals surface area contributed by atoms with Crippen LogP contribution in [0.15, 0.2) is 52.9 Å². The van der Waals surface area contributed by atoms with Crippen molar-refractivity contribution < 1.29 is 22.7 Å². The van der Waals surface area contributed by atoms with Crippen LogP contribution in [-0.2, 0) is 10.0 Å². The Morgan fingerprint density at radius 2 is 1.88 bits per heavy atom. The van der Waals surface area contributed by atoms with E-state index in [0.29, 0.717) is 16.1 Å². The van der Waals surface area contributed by atoms with Gasteiger partial charge < -0.3 is 5.11 Å². The quantitative estimate of drug-likeness (QED) is 0.689. The molecule has 134 valence electrons. The third kappa shape index (κ3) is 3.73. The Labute approximate surface area is 153 Å². The van der Waals surface area contributed by atoms with Crippen LogP contribution in [0.25, 0.3) is 10.6 Å². The molecule has 3 aromatic rings. The molecule has 0 saturated carbocycles. The maximum atomic E-state index is 13.0. The van der Waals surface area contributed by atoms with Crippen molar-refractivity contribution in [3.05, 3.63) is 65.6 Å². The van der Waals surface area contributed by atoms with Gasteiger partial charge in [-0.1, -0.05) is 0 Å². The van der Waals surface area contributed by atoms with Crippen LogP contribution in [0.3, 0.4) is 0 Å². The molecule has 0 aliphatic rings. The van der Waals surface area contributed by atoms with Crippen molar-refractivity contribution in [1.29, 1.82) is 0 Å². The van der Waals surface area contributed by atoms with E-state index in [9.17, 15) is 17.6 Å². The van der Waals surface area contributed by atoms with Gasteiger partial charge in [0.1, 0.15) is 10.8 Å². The molecule has 2 N–H and O–H groups in total. The number of aromatic carboxylic acids is 1. The van der Waals surface area contributed by atoms with Crippen molar-refractivity contribution in [3.63, 3.8) is 0 Å². The molecule has 2 aromatic carbocycles. The monoisotopic (exact) mass is 392 g/mol. The molecule has 0 aliphatic heterocycles. The van der Waals surface area contributed by atoms with E-state index in [-0.39, 0.29) is 21.3 Å². The summed E-state index contributed by atoms with van der Waals surface area (Å²) < 4.78 is 40.4. The Morgan fingerprint density at radius 1 is 1.19 bits per heavy atom. The molecule has 0 saturated heterocycles. The average molecular weight is 392 g/mol. The van der Waals surface area contributed by atoms with Crippen LogP contribution in [0.4, 0.5) is 10.1 Å². The lowest BCUT2D eigenvalue weighted by Gasteiger charge is -2.08. The van der Waals surface area contributed by atoms with E-state index in [2.05, 4.69) is 9.71 Å². The van der Waals surface area contributed by atoms with E-state index >= 15 is 0 Å². The molecular weight excluding hydrogens is 379 g/mol. The lowest BCUT2D eigenvalue weighted by molar-refractivity contribution is 0.0696. The van der Waals surface area contributed by atoms with Crippen molar-refractivity contribution in [2.75, 3.05) is 4.72 Å². The molecule has 0 atom stereocenters. The third-order valence-electron chi connectivity index (χ3n) is 3.55. The maximum absolute atomic E-state index is 13.0. The molecule has 6 nitrogen and oxygen atoms in total. The van der Waals surface area contributed by atoms with Crippen LogP contribution in [0.1, 0.15) is 15.9 Å². The minimum atomic E-state index is -3.87. The highest BCUT2D eigenvalue weighted by Gasteiger charge is 2.19. The number of carboxylic acid groups (broad SMARTS) is 1. The predicted octanol–water partition coefficient (Wildman–Crippen LogP) is 3.76. The molecule has 0 unspecified atom stereocenters. The molecule has 0 radical (unpaired) electrons. The zero-order valence-corrected chi connectivity index (χ0v) is 15.1. The standard InChI is InChI=1S/C17H13FN2O4S2/c1-10-8-13(6-7-14(10)17(21)22)20-26(23,24)15-9-19-16(25-15)11-2-4-12(18)5-3-11/h2-9,20H,1H3,(H,21,22). The number of nitrogens with one attached hydrogen (secondary N) is 1. The topological polar surface area (TPSA) is 96.4 Å². The van der Waals surface area contributed by atoms with Gasteiger partial charge in [0.05, 0.1) is 11.8 Å². The summed E-state index contributed by atoms with van der Waals surface area (Å²) in [6, 6.07) is 9.76.